The number of unbranched alkanes of at least 4 members (excludes halogenated alkanes) is 9. The van der Waals surface area contributed by atoms with Gasteiger partial charge >= 0.3 is 10.4 Å². The van der Waals surface area contributed by atoms with Gasteiger partial charge in [0, 0.05) is 0 Å². The fourth-order valence-corrected chi connectivity index (χ4v) is 1.99. The SMILES string of the molecule is CCCCCCCCCCCCC(C)ON.O=S(=O)(O)O. The van der Waals surface area contributed by atoms with Gasteiger partial charge in [0.25, 0.3) is 0 Å². The van der Waals surface area contributed by atoms with E-state index in [0.717, 1.165) is 6.42 Å². The van der Waals surface area contributed by atoms with E-state index in [4.69, 9.17) is 28.3 Å². The van der Waals surface area contributed by atoms with Gasteiger partial charge in [-0.05, 0) is 13.3 Å². The highest BCUT2D eigenvalue weighted by molar-refractivity contribution is 7.79. The van der Waals surface area contributed by atoms with Crippen LogP contribution in [0.25, 0.3) is 0 Å². The quantitative estimate of drug-likeness (QED) is 0.285. The fourth-order valence-electron chi connectivity index (χ4n) is 1.99. The van der Waals surface area contributed by atoms with Gasteiger partial charge in [0.15, 0.2) is 0 Å². The molecule has 0 fully saturated rings. The lowest BCUT2D eigenvalue weighted by atomic mass is 10.1. The number of rotatable bonds is 12. The lowest BCUT2D eigenvalue weighted by Crippen LogP contribution is -2.12. The Morgan fingerprint density at radius 1 is 0.905 bits per heavy atom. The molecule has 0 aliphatic heterocycles. The Morgan fingerprint density at radius 3 is 1.57 bits per heavy atom. The summed E-state index contributed by atoms with van der Waals surface area (Å²) in [5.41, 5.74) is 0. The van der Waals surface area contributed by atoms with Gasteiger partial charge < -0.3 is 4.84 Å². The average molecular weight is 327 g/mol. The molecule has 0 radical (unpaired) electrons. The molecule has 0 aromatic heterocycles. The maximum absolute atomic E-state index is 8.74. The molecule has 1 atom stereocenters. The van der Waals surface area contributed by atoms with Gasteiger partial charge in [-0.3, -0.25) is 9.11 Å². The Kier molecular flexibility index (Phi) is 17.8. The van der Waals surface area contributed by atoms with Crippen molar-refractivity contribution in [1.29, 1.82) is 0 Å². The maximum atomic E-state index is 8.74. The minimum Gasteiger partial charge on any atom is -0.302 e. The highest BCUT2D eigenvalue weighted by atomic mass is 32.3. The van der Waals surface area contributed by atoms with E-state index in [1.807, 2.05) is 6.92 Å². The van der Waals surface area contributed by atoms with Gasteiger partial charge in [-0.1, -0.05) is 71.1 Å². The minimum atomic E-state index is -4.67. The highest BCUT2D eigenvalue weighted by Crippen LogP contribution is 2.12. The van der Waals surface area contributed by atoms with Crippen LogP contribution in [0.4, 0.5) is 0 Å². The van der Waals surface area contributed by atoms with Crippen molar-refractivity contribution in [1.82, 2.24) is 0 Å². The number of nitrogens with two attached hydrogens (primary N) is 1. The van der Waals surface area contributed by atoms with E-state index in [9.17, 15) is 0 Å². The van der Waals surface area contributed by atoms with Gasteiger partial charge in [0.2, 0.25) is 0 Å². The highest BCUT2D eigenvalue weighted by Gasteiger charge is 1.99. The molecule has 1 unspecified atom stereocenters. The van der Waals surface area contributed by atoms with Crippen LogP contribution < -0.4 is 5.90 Å². The van der Waals surface area contributed by atoms with Gasteiger partial charge in [0.05, 0.1) is 6.10 Å². The molecule has 7 heteroatoms. The third-order valence-electron chi connectivity index (χ3n) is 3.20. The largest absolute Gasteiger partial charge is 0.394 e. The molecule has 21 heavy (non-hydrogen) atoms. The van der Waals surface area contributed by atoms with Crippen molar-refractivity contribution in [2.24, 2.45) is 5.90 Å². The Bertz CT molecular complexity index is 288. The van der Waals surface area contributed by atoms with Gasteiger partial charge in [-0.2, -0.15) is 8.42 Å². The van der Waals surface area contributed by atoms with Gasteiger partial charge in [-0.15, -0.1) is 0 Å². The summed E-state index contributed by atoms with van der Waals surface area (Å²) in [5.74, 6) is 5.09. The predicted octanol–water partition coefficient (Wildman–Crippen LogP) is 3.92. The molecule has 0 saturated heterocycles. The summed E-state index contributed by atoms with van der Waals surface area (Å²) in [6, 6.07) is 0. The van der Waals surface area contributed by atoms with Crippen LogP contribution >= 0.6 is 0 Å². The first-order valence-corrected chi connectivity index (χ1v) is 9.26. The Morgan fingerprint density at radius 2 is 1.24 bits per heavy atom. The number of hydrogen-bond acceptors (Lipinski definition) is 4. The lowest BCUT2D eigenvalue weighted by Gasteiger charge is -2.07. The van der Waals surface area contributed by atoms with Crippen molar-refractivity contribution in [2.75, 3.05) is 0 Å². The fraction of sp³-hybridized carbons (Fsp3) is 1.00. The second-order valence-electron chi connectivity index (χ2n) is 5.37. The average Bonchev–Trinajstić information content (AvgIpc) is 2.38. The maximum Gasteiger partial charge on any atom is 0.394 e. The van der Waals surface area contributed by atoms with E-state index in [2.05, 4.69) is 6.92 Å². The smallest absolute Gasteiger partial charge is 0.302 e. The molecule has 6 nitrogen and oxygen atoms in total. The lowest BCUT2D eigenvalue weighted by molar-refractivity contribution is 0.0588. The predicted molar refractivity (Wildman–Crippen MR) is 85.4 cm³/mol. The van der Waals surface area contributed by atoms with Crippen LogP contribution in [0.2, 0.25) is 0 Å². The van der Waals surface area contributed by atoms with E-state index < -0.39 is 10.4 Å². The van der Waals surface area contributed by atoms with Gasteiger partial charge in [-0.25, -0.2) is 5.90 Å². The first-order valence-electron chi connectivity index (χ1n) is 7.86. The summed E-state index contributed by atoms with van der Waals surface area (Å²) >= 11 is 0. The van der Waals surface area contributed by atoms with Crippen molar-refractivity contribution in [3.8, 4) is 0 Å². The van der Waals surface area contributed by atoms with E-state index >= 15 is 0 Å². The van der Waals surface area contributed by atoms with Crippen LogP contribution in [0.15, 0.2) is 0 Å². The third-order valence-corrected chi connectivity index (χ3v) is 3.20. The Balaban J connectivity index is 0. The Labute approximate surface area is 130 Å². The normalized spacial score (nSPS) is 12.6. The topological polar surface area (TPSA) is 110 Å². The third kappa shape index (κ3) is 32.9. The first kappa shape index (κ1) is 23.1. The Hall–Kier alpha value is -0.210. The molecule has 0 spiro atoms. The molecular formula is C14H33NO5S. The van der Waals surface area contributed by atoms with E-state index in [1.165, 1.54) is 64.2 Å². The molecular weight excluding hydrogens is 294 g/mol. The molecule has 0 aliphatic carbocycles. The van der Waals surface area contributed by atoms with Crippen molar-refractivity contribution in [3.63, 3.8) is 0 Å². The number of hydrogen-bond donors (Lipinski definition) is 3. The zero-order valence-electron chi connectivity index (χ0n) is 13.5. The summed E-state index contributed by atoms with van der Waals surface area (Å²) in [6.45, 7) is 4.31. The molecule has 130 valence electrons. The molecule has 0 heterocycles. The van der Waals surface area contributed by atoms with Crippen LogP contribution in [0.3, 0.4) is 0 Å². The molecule has 4 N–H and O–H groups in total. The second kappa shape index (κ2) is 16.2. The summed E-state index contributed by atoms with van der Waals surface area (Å²) < 4.78 is 31.6. The van der Waals surface area contributed by atoms with Crippen molar-refractivity contribution >= 4 is 10.4 Å². The van der Waals surface area contributed by atoms with Crippen LogP contribution in [0.5, 0.6) is 0 Å². The molecule has 0 saturated carbocycles. The van der Waals surface area contributed by atoms with Gasteiger partial charge in [0.1, 0.15) is 0 Å². The zero-order chi connectivity index (χ0) is 16.6. The standard InChI is InChI=1S/C14H31NO.H2O4S/c1-3-4-5-6-7-8-9-10-11-12-13-14(2)16-15;1-5(2,3)4/h14H,3-13,15H2,1-2H3;(H2,1,2,3,4). The van der Waals surface area contributed by atoms with Crippen molar-refractivity contribution in [2.45, 2.75) is 90.6 Å². The molecule has 0 aromatic carbocycles. The van der Waals surface area contributed by atoms with Crippen molar-refractivity contribution < 1.29 is 22.4 Å². The summed E-state index contributed by atoms with van der Waals surface area (Å²) in [6.07, 6.45) is 15.2. The molecule has 0 rings (SSSR count). The van der Waals surface area contributed by atoms with E-state index in [1.54, 1.807) is 0 Å². The molecule has 0 amide bonds. The molecule has 0 aliphatic rings. The van der Waals surface area contributed by atoms with E-state index in [-0.39, 0.29) is 6.10 Å². The molecule has 0 aromatic rings. The minimum absolute atomic E-state index is 0.231. The summed E-state index contributed by atoms with van der Waals surface area (Å²) in [4.78, 5) is 4.73. The van der Waals surface area contributed by atoms with Crippen molar-refractivity contribution in [3.05, 3.63) is 0 Å². The summed E-state index contributed by atoms with van der Waals surface area (Å²) in [7, 11) is -4.67. The monoisotopic (exact) mass is 327 g/mol. The zero-order valence-corrected chi connectivity index (χ0v) is 14.3. The van der Waals surface area contributed by atoms with Crippen LogP contribution in [-0.4, -0.2) is 23.6 Å². The van der Waals surface area contributed by atoms with Crippen LogP contribution in [-0.2, 0) is 15.2 Å². The second-order valence-corrected chi connectivity index (χ2v) is 6.26. The van der Waals surface area contributed by atoms with Crippen LogP contribution in [0, 0.1) is 0 Å². The molecule has 0 bridgehead atoms. The summed E-state index contributed by atoms with van der Waals surface area (Å²) in [5, 5.41) is 0. The van der Waals surface area contributed by atoms with E-state index in [0.29, 0.717) is 0 Å². The first-order chi connectivity index (χ1) is 9.81. The van der Waals surface area contributed by atoms with Crippen LogP contribution in [0.1, 0.15) is 84.5 Å².